The van der Waals surface area contributed by atoms with Gasteiger partial charge in [-0.25, -0.2) is 0 Å². The van der Waals surface area contributed by atoms with Gasteiger partial charge in [0.1, 0.15) is 0 Å². The van der Waals surface area contributed by atoms with E-state index in [1.165, 1.54) is 0 Å². The topological polar surface area (TPSA) is 29.1 Å². The van der Waals surface area contributed by atoms with Crippen LogP contribution in [0.2, 0.25) is 15.1 Å². The highest BCUT2D eigenvalue weighted by Crippen LogP contribution is 2.39. The Morgan fingerprint density at radius 3 is 2.48 bits per heavy atom. The Bertz CT molecular complexity index is 702. The number of hydrogen-bond donors (Lipinski definition) is 1. The lowest BCUT2D eigenvalue weighted by atomic mass is 9.84. The van der Waals surface area contributed by atoms with Gasteiger partial charge in [0.15, 0.2) is 0 Å². The van der Waals surface area contributed by atoms with Crippen molar-refractivity contribution in [1.29, 1.82) is 0 Å². The van der Waals surface area contributed by atoms with Crippen molar-refractivity contribution in [1.82, 2.24) is 5.32 Å². The second kappa shape index (κ2) is 5.88. The van der Waals surface area contributed by atoms with Gasteiger partial charge in [0.25, 0.3) is 0 Å². The zero-order valence-electron chi connectivity index (χ0n) is 10.9. The first-order chi connectivity index (χ1) is 10.1. The fraction of sp³-hybridized carbons (Fsp3) is 0.188. The zero-order chi connectivity index (χ0) is 15.0. The number of rotatable bonds is 2. The van der Waals surface area contributed by atoms with Crippen LogP contribution in [0.3, 0.4) is 0 Å². The molecule has 2 aromatic rings. The molecule has 0 unspecified atom stereocenters. The molecule has 0 radical (unpaired) electrons. The molecule has 1 N–H and O–H groups in total. The highest BCUT2D eigenvalue weighted by Gasteiger charge is 2.37. The first-order valence-electron chi connectivity index (χ1n) is 6.54. The predicted octanol–water partition coefficient (Wildman–Crippen LogP) is 4.64. The maximum Gasteiger partial charge on any atom is 0.228 e. The minimum atomic E-state index is -0.263. The van der Waals surface area contributed by atoms with Gasteiger partial charge >= 0.3 is 0 Å². The van der Waals surface area contributed by atoms with Crippen molar-refractivity contribution < 1.29 is 4.79 Å². The van der Waals surface area contributed by atoms with Gasteiger partial charge in [-0.2, -0.15) is 0 Å². The third kappa shape index (κ3) is 2.89. The van der Waals surface area contributed by atoms with E-state index < -0.39 is 0 Å². The average molecular weight is 341 g/mol. The molecule has 1 amide bonds. The van der Waals surface area contributed by atoms with Gasteiger partial charge < -0.3 is 5.32 Å². The molecule has 0 aromatic heterocycles. The molecule has 0 aliphatic carbocycles. The third-order valence-electron chi connectivity index (χ3n) is 3.76. The molecule has 0 spiro atoms. The van der Waals surface area contributed by atoms with Gasteiger partial charge in [0.2, 0.25) is 5.91 Å². The molecule has 21 heavy (non-hydrogen) atoms. The summed E-state index contributed by atoms with van der Waals surface area (Å²) < 4.78 is 0. The highest BCUT2D eigenvalue weighted by molar-refractivity contribution is 6.42. The van der Waals surface area contributed by atoms with Gasteiger partial charge in [-0.15, -0.1) is 0 Å². The molecule has 1 fully saturated rings. The molecule has 2 aromatic carbocycles. The molecule has 108 valence electrons. The van der Waals surface area contributed by atoms with E-state index in [4.69, 9.17) is 34.8 Å². The molecular formula is C16H12Cl3NO. The van der Waals surface area contributed by atoms with Gasteiger partial charge in [-0.05, 0) is 35.4 Å². The van der Waals surface area contributed by atoms with Gasteiger partial charge in [-0.1, -0.05) is 53.0 Å². The Hall–Kier alpha value is -1.22. The van der Waals surface area contributed by atoms with Crippen LogP contribution in [0.5, 0.6) is 0 Å². The summed E-state index contributed by atoms with van der Waals surface area (Å²) in [5.74, 6) is -0.236. The van der Waals surface area contributed by atoms with Crippen LogP contribution < -0.4 is 5.32 Å². The lowest BCUT2D eigenvalue weighted by Gasteiger charge is -2.18. The number of benzene rings is 2. The molecule has 1 saturated heterocycles. The maximum absolute atomic E-state index is 12.2. The Morgan fingerprint density at radius 2 is 1.76 bits per heavy atom. The van der Waals surface area contributed by atoms with E-state index in [0.29, 0.717) is 21.6 Å². The van der Waals surface area contributed by atoms with Crippen LogP contribution in [0.4, 0.5) is 0 Å². The van der Waals surface area contributed by atoms with Gasteiger partial charge in [-0.3, -0.25) is 4.79 Å². The normalized spacial score (nSPS) is 21.4. The van der Waals surface area contributed by atoms with Crippen LogP contribution in [0.15, 0.2) is 42.5 Å². The highest BCUT2D eigenvalue weighted by atomic mass is 35.5. The van der Waals surface area contributed by atoms with E-state index in [0.717, 1.165) is 11.1 Å². The average Bonchev–Trinajstić information content (AvgIpc) is 2.84. The number of halogens is 3. The summed E-state index contributed by atoms with van der Waals surface area (Å²) in [5, 5.41) is 4.55. The van der Waals surface area contributed by atoms with Crippen molar-refractivity contribution >= 4 is 40.7 Å². The molecule has 1 heterocycles. The predicted molar refractivity (Wildman–Crippen MR) is 86.4 cm³/mol. The van der Waals surface area contributed by atoms with E-state index in [2.05, 4.69) is 5.32 Å². The molecule has 1 aliphatic heterocycles. The summed E-state index contributed by atoms with van der Waals surface area (Å²) in [6.45, 7) is 0.577. The Balaban J connectivity index is 2.01. The zero-order valence-corrected chi connectivity index (χ0v) is 13.2. The van der Waals surface area contributed by atoms with Crippen LogP contribution in [0.25, 0.3) is 0 Å². The Kier molecular flexibility index (Phi) is 4.12. The lowest BCUT2D eigenvalue weighted by Crippen LogP contribution is -2.18. The fourth-order valence-corrected chi connectivity index (χ4v) is 3.26. The molecule has 2 nitrogen and oxygen atoms in total. The summed E-state index contributed by atoms with van der Waals surface area (Å²) >= 11 is 18.1. The molecule has 1 aliphatic rings. The molecule has 2 atom stereocenters. The molecule has 0 saturated carbocycles. The Labute approximate surface area is 138 Å². The smallest absolute Gasteiger partial charge is 0.228 e. The third-order valence-corrected chi connectivity index (χ3v) is 4.73. The van der Waals surface area contributed by atoms with E-state index in [1.54, 1.807) is 12.1 Å². The van der Waals surface area contributed by atoms with Crippen LogP contribution in [0, 0.1) is 0 Å². The molecule has 0 bridgehead atoms. The number of amides is 1. The van der Waals surface area contributed by atoms with Crippen LogP contribution >= 0.6 is 34.8 Å². The second-order valence-corrected chi connectivity index (χ2v) is 6.31. The summed E-state index contributed by atoms with van der Waals surface area (Å²) in [6, 6.07) is 12.9. The summed E-state index contributed by atoms with van der Waals surface area (Å²) in [5.41, 5.74) is 1.90. The lowest BCUT2D eigenvalue weighted by molar-refractivity contribution is -0.120. The molecular weight excluding hydrogens is 329 g/mol. The second-order valence-electron chi connectivity index (χ2n) is 5.06. The Morgan fingerprint density at radius 1 is 0.952 bits per heavy atom. The van der Waals surface area contributed by atoms with E-state index in [9.17, 15) is 4.79 Å². The molecule has 5 heteroatoms. The first-order valence-corrected chi connectivity index (χ1v) is 7.68. The van der Waals surface area contributed by atoms with E-state index in [-0.39, 0.29) is 17.7 Å². The van der Waals surface area contributed by atoms with Gasteiger partial charge in [0.05, 0.1) is 16.0 Å². The van der Waals surface area contributed by atoms with Gasteiger partial charge in [0, 0.05) is 17.5 Å². The monoisotopic (exact) mass is 339 g/mol. The molecule has 3 rings (SSSR count). The largest absolute Gasteiger partial charge is 0.355 e. The van der Waals surface area contributed by atoms with Crippen molar-refractivity contribution in [3.63, 3.8) is 0 Å². The summed E-state index contributed by atoms with van der Waals surface area (Å²) in [4.78, 5) is 12.2. The number of carbonyl (C=O) groups excluding carboxylic acids is 1. The minimum absolute atomic E-state index is 0.00772. The van der Waals surface area contributed by atoms with Crippen molar-refractivity contribution in [2.75, 3.05) is 6.54 Å². The summed E-state index contributed by atoms with van der Waals surface area (Å²) in [7, 11) is 0. The quantitative estimate of drug-likeness (QED) is 0.847. The number of nitrogens with one attached hydrogen (secondary N) is 1. The van der Waals surface area contributed by atoms with Crippen molar-refractivity contribution in [3.8, 4) is 0 Å². The fourth-order valence-electron chi connectivity index (χ4n) is 2.76. The van der Waals surface area contributed by atoms with Crippen LogP contribution in [-0.4, -0.2) is 12.5 Å². The van der Waals surface area contributed by atoms with Crippen LogP contribution in [0.1, 0.15) is 23.0 Å². The minimum Gasteiger partial charge on any atom is -0.355 e. The van der Waals surface area contributed by atoms with E-state index >= 15 is 0 Å². The van der Waals surface area contributed by atoms with Crippen molar-refractivity contribution in [2.45, 2.75) is 11.8 Å². The first kappa shape index (κ1) is 14.7. The number of hydrogen-bond acceptors (Lipinski definition) is 1. The van der Waals surface area contributed by atoms with Crippen LogP contribution in [-0.2, 0) is 4.79 Å². The number of carbonyl (C=O) groups is 1. The summed E-state index contributed by atoms with van der Waals surface area (Å²) in [6.07, 6.45) is 0. The van der Waals surface area contributed by atoms with Crippen molar-refractivity contribution in [3.05, 3.63) is 68.7 Å². The SMILES string of the molecule is O=C1NC[C@@H](c2ccc(Cl)c(Cl)c2)[C@@H]1c1cccc(Cl)c1. The van der Waals surface area contributed by atoms with Crippen molar-refractivity contribution in [2.24, 2.45) is 0 Å². The maximum atomic E-state index is 12.2. The van der Waals surface area contributed by atoms with E-state index in [1.807, 2.05) is 30.3 Å². The standard InChI is InChI=1S/C16H12Cl3NO/c17-11-3-1-2-10(6-11)15-12(8-20-16(15)21)9-4-5-13(18)14(19)7-9/h1-7,12,15H,8H2,(H,20,21)/t12-,15-/m0/s1.